The Labute approximate surface area is 49.8 Å². The molecular weight excluding hydrogens is 104 g/mol. The van der Waals surface area contributed by atoms with Crippen LogP contribution in [-0.2, 0) is 9.53 Å². The zero-order valence-corrected chi connectivity index (χ0v) is 5.31. The van der Waals surface area contributed by atoms with Crippen molar-refractivity contribution in [1.29, 1.82) is 0 Å². The Morgan fingerprint density at radius 1 is 1.88 bits per heavy atom. The number of Topliss-reactive ketones (excluding diaryl/α,β-unsaturated/α-hetero) is 1. The van der Waals surface area contributed by atoms with Crippen LogP contribution in [0, 0.1) is 12.8 Å². The van der Waals surface area contributed by atoms with Gasteiger partial charge in [-0.15, -0.1) is 0 Å². The lowest BCUT2D eigenvalue weighted by Crippen LogP contribution is -2.13. The van der Waals surface area contributed by atoms with E-state index in [0.29, 0.717) is 0 Å². The Bertz CT molecular complexity index is 76.6. The first-order chi connectivity index (χ1) is 3.68. The van der Waals surface area contributed by atoms with Crippen LogP contribution in [0.3, 0.4) is 0 Å². The highest BCUT2D eigenvalue weighted by molar-refractivity contribution is 5.82. The summed E-state index contributed by atoms with van der Waals surface area (Å²) in [6, 6.07) is 0. The molecule has 0 saturated carbocycles. The summed E-state index contributed by atoms with van der Waals surface area (Å²) in [4.78, 5) is 10.6. The van der Waals surface area contributed by atoms with Gasteiger partial charge < -0.3 is 4.74 Å². The Morgan fingerprint density at radius 3 is 2.50 bits per heavy atom. The SMILES string of the molecule is [CH2]C(C)C(=O)COC. The van der Waals surface area contributed by atoms with Crippen molar-refractivity contribution in [3.63, 3.8) is 0 Å². The largest absolute Gasteiger partial charge is 0.377 e. The third-order valence-corrected chi connectivity index (χ3v) is 0.836. The first-order valence-electron chi connectivity index (χ1n) is 2.53. The summed E-state index contributed by atoms with van der Waals surface area (Å²) < 4.78 is 4.58. The molecule has 1 atom stereocenters. The fourth-order valence-corrected chi connectivity index (χ4v) is 0.285. The Balaban J connectivity index is 3.33. The van der Waals surface area contributed by atoms with Crippen molar-refractivity contribution in [2.75, 3.05) is 13.7 Å². The maximum absolute atomic E-state index is 10.6. The van der Waals surface area contributed by atoms with Crippen LogP contribution in [0.5, 0.6) is 0 Å². The highest BCUT2D eigenvalue weighted by Crippen LogP contribution is 1.91. The third-order valence-electron chi connectivity index (χ3n) is 0.836. The third kappa shape index (κ3) is 2.75. The molecular formula is C6H11O2. The van der Waals surface area contributed by atoms with Crippen LogP contribution < -0.4 is 0 Å². The smallest absolute Gasteiger partial charge is 0.161 e. The van der Waals surface area contributed by atoms with Gasteiger partial charge in [0.1, 0.15) is 6.61 Å². The van der Waals surface area contributed by atoms with Gasteiger partial charge in [0, 0.05) is 13.0 Å². The first kappa shape index (κ1) is 7.63. The maximum atomic E-state index is 10.6. The van der Waals surface area contributed by atoms with Gasteiger partial charge in [-0.1, -0.05) is 6.92 Å². The molecule has 2 heteroatoms. The molecule has 0 spiro atoms. The lowest BCUT2D eigenvalue weighted by Gasteiger charge is -1.99. The summed E-state index contributed by atoms with van der Waals surface area (Å²) in [5.74, 6) is -0.0950. The number of carbonyl (C=O) groups is 1. The molecule has 0 N–H and O–H groups in total. The van der Waals surface area contributed by atoms with E-state index in [9.17, 15) is 4.79 Å². The van der Waals surface area contributed by atoms with Crippen molar-refractivity contribution in [2.45, 2.75) is 6.92 Å². The molecule has 0 aromatic heterocycles. The average Bonchev–Trinajstić information content (AvgIpc) is 1.67. The van der Waals surface area contributed by atoms with Gasteiger partial charge in [0.2, 0.25) is 0 Å². The van der Waals surface area contributed by atoms with Gasteiger partial charge in [0.05, 0.1) is 0 Å². The molecule has 0 aliphatic carbocycles. The zero-order valence-electron chi connectivity index (χ0n) is 5.31. The normalized spacial score (nSPS) is 10.0. The van der Waals surface area contributed by atoms with E-state index in [1.807, 2.05) is 0 Å². The van der Waals surface area contributed by atoms with Gasteiger partial charge in [-0.2, -0.15) is 0 Å². The van der Waals surface area contributed by atoms with Crippen LogP contribution in [0.1, 0.15) is 6.92 Å². The number of methoxy groups -OCH3 is 1. The molecule has 0 rings (SSSR count). The van der Waals surface area contributed by atoms with Crippen molar-refractivity contribution >= 4 is 5.78 Å². The molecule has 0 heterocycles. The van der Waals surface area contributed by atoms with Crippen molar-refractivity contribution in [1.82, 2.24) is 0 Å². The highest BCUT2D eigenvalue weighted by atomic mass is 16.5. The Kier molecular flexibility index (Phi) is 3.44. The van der Waals surface area contributed by atoms with Crippen LogP contribution in [0.2, 0.25) is 0 Å². The molecule has 0 fully saturated rings. The number of hydrogen-bond acceptors (Lipinski definition) is 2. The molecule has 47 valence electrons. The molecule has 1 radical (unpaired) electrons. The van der Waals surface area contributed by atoms with Gasteiger partial charge in [-0.25, -0.2) is 0 Å². The fourth-order valence-electron chi connectivity index (χ4n) is 0.285. The van der Waals surface area contributed by atoms with Crippen LogP contribution in [0.25, 0.3) is 0 Å². The van der Waals surface area contributed by atoms with Crippen molar-refractivity contribution in [2.24, 2.45) is 5.92 Å². The van der Waals surface area contributed by atoms with E-state index in [4.69, 9.17) is 0 Å². The van der Waals surface area contributed by atoms with Gasteiger partial charge >= 0.3 is 0 Å². The minimum Gasteiger partial charge on any atom is -0.377 e. The lowest BCUT2D eigenvalue weighted by atomic mass is 10.1. The van der Waals surface area contributed by atoms with Crippen molar-refractivity contribution in [3.8, 4) is 0 Å². The topological polar surface area (TPSA) is 26.3 Å². The minimum absolute atomic E-state index is 0.0486. The number of ether oxygens (including phenoxy) is 1. The van der Waals surface area contributed by atoms with Crippen molar-refractivity contribution < 1.29 is 9.53 Å². The molecule has 2 nitrogen and oxygen atoms in total. The summed E-state index contributed by atoms with van der Waals surface area (Å²) in [6.07, 6.45) is 0. The van der Waals surface area contributed by atoms with Gasteiger partial charge in [0.15, 0.2) is 5.78 Å². The van der Waals surface area contributed by atoms with Crippen LogP contribution in [0.4, 0.5) is 0 Å². The summed E-state index contributed by atoms with van der Waals surface area (Å²) in [6.45, 7) is 5.46. The fraction of sp³-hybridized carbons (Fsp3) is 0.667. The quantitative estimate of drug-likeness (QED) is 0.540. The van der Waals surface area contributed by atoms with Crippen LogP contribution in [0.15, 0.2) is 0 Å². The second kappa shape index (κ2) is 3.61. The lowest BCUT2D eigenvalue weighted by molar-refractivity contribution is -0.124. The van der Waals surface area contributed by atoms with E-state index in [1.165, 1.54) is 7.11 Å². The highest BCUT2D eigenvalue weighted by Gasteiger charge is 2.04. The molecule has 0 amide bonds. The van der Waals surface area contributed by atoms with E-state index in [2.05, 4.69) is 11.7 Å². The minimum atomic E-state index is -0.144. The molecule has 0 bridgehead atoms. The molecule has 1 unspecified atom stereocenters. The molecule has 0 aromatic carbocycles. The summed E-state index contributed by atoms with van der Waals surface area (Å²) >= 11 is 0. The van der Waals surface area contributed by atoms with E-state index in [-0.39, 0.29) is 18.3 Å². The predicted octanol–water partition coefficient (Wildman–Crippen LogP) is 0.672. The Morgan fingerprint density at radius 2 is 2.38 bits per heavy atom. The number of ketones is 1. The van der Waals surface area contributed by atoms with Gasteiger partial charge in [-0.3, -0.25) is 4.79 Å². The van der Waals surface area contributed by atoms with Gasteiger partial charge in [-0.05, 0) is 6.92 Å². The zero-order chi connectivity index (χ0) is 6.57. The Hall–Kier alpha value is -0.370. The number of carbonyl (C=O) groups excluding carboxylic acids is 1. The predicted molar refractivity (Wildman–Crippen MR) is 31.4 cm³/mol. The van der Waals surface area contributed by atoms with Crippen LogP contribution in [-0.4, -0.2) is 19.5 Å². The standard InChI is InChI=1S/C6H11O2/c1-5(2)6(7)4-8-3/h5H,1,4H2,2-3H3. The van der Waals surface area contributed by atoms with E-state index < -0.39 is 0 Å². The van der Waals surface area contributed by atoms with E-state index >= 15 is 0 Å². The molecule has 8 heavy (non-hydrogen) atoms. The summed E-state index contributed by atoms with van der Waals surface area (Å²) in [5, 5.41) is 0. The second-order valence-electron chi connectivity index (χ2n) is 1.80. The molecule has 0 aliphatic heterocycles. The second-order valence-corrected chi connectivity index (χ2v) is 1.80. The van der Waals surface area contributed by atoms with E-state index in [0.717, 1.165) is 0 Å². The number of rotatable bonds is 3. The summed E-state index contributed by atoms with van der Waals surface area (Å²) in [5.41, 5.74) is 0. The number of hydrogen-bond donors (Lipinski definition) is 0. The first-order valence-corrected chi connectivity index (χ1v) is 2.53. The van der Waals surface area contributed by atoms with Crippen LogP contribution >= 0.6 is 0 Å². The van der Waals surface area contributed by atoms with Crippen molar-refractivity contribution in [3.05, 3.63) is 6.92 Å². The van der Waals surface area contributed by atoms with E-state index in [1.54, 1.807) is 6.92 Å². The van der Waals surface area contributed by atoms with Gasteiger partial charge in [0.25, 0.3) is 0 Å². The molecule has 0 aliphatic rings. The molecule has 0 aromatic rings. The molecule has 0 saturated heterocycles. The summed E-state index contributed by atoms with van der Waals surface area (Å²) in [7, 11) is 1.50. The average molecular weight is 115 g/mol. The maximum Gasteiger partial charge on any atom is 0.161 e. The monoisotopic (exact) mass is 115 g/mol.